The number of nitrogens with zero attached hydrogens (tertiary/aromatic N) is 2. The van der Waals surface area contributed by atoms with Crippen molar-refractivity contribution in [2.24, 2.45) is 5.92 Å². The van der Waals surface area contributed by atoms with Crippen LogP contribution >= 0.6 is 11.8 Å². The predicted molar refractivity (Wildman–Crippen MR) is 56.2 cm³/mol. The Morgan fingerprint density at radius 3 is 2.93 bits per heavy atom. The summed E-state index contributed by atoms with van der Waals surface area (Å²) in [7, 11) is 0. The summed E-state index contributed by atoms with van der Waals surface area (Å²) in [5, 5.41) is 9.80. The molecule has 0 bridgehead atoms. The van der Waals surface area contributed by atoms with Gasteiger partial charge in [-0.1, -0.05) is 25.6 Å². The maximum absolute atomic E-state index is 10.7. The Morgan fingerprint density at radius 1 is 1.64 bits per heavy atom. The SMILES string of the molecule is CC(=O)Nc1nc(SCC(C)C)n[nH]1. The highest BCUT2D eigenvalue weighted by molar-refractivity contribution is 7.99. The molecule has 2 N–H and O–H groups in total. The molecule has 0 saturated heterocycles. The molecule has 0 aromatic carbocycles. The van der Waals surface area contributed by atoms with E-state index in [0.29, 0.717) is 17.0 Å². The van der Waals surface area contributed by atoms with Crippen LogP contribution in [0.25, 0.3) is 0 Å². The molecule has 14 heavy (non-hydrogen) atoms. The van der Waals surface area contributed by atoms with Crippen molar-refractivity contribution in [3.63, 3.8) is 0 Å². The minimum Gasteiger partial charge on any atom is -0.295 e. The third kappa shape index (κ3) is 3.78. The van der Waals surface area contributed by atoms with Gasteiger partial charge in [-0.15, -0.1) is 5.10 Å². The van der Waals surface area contributed by atoms with E-state index in [1.165, 1.54) is 6.92 Å². The normalized spacial score (nSPS) is 10.6. The molecule has 0 fully saturated rings. The zero-order valence-electron chi connectivity index (χ0n) is 8.50. The molecule has 0 spiro atoms. The van der Waals surface area contributed by atoms with Crippen LogP contribution in [0.15, 0.2) is 5.16 Å². The summed E-state index contributed by atoms with van der Waals surface area (Å²) >= 11 is 1.57. The summed E-state index contributed by atoms with van der Waals surface area (Å²) in [6, 6.07) is 0. The lowest BCUT2D eigenvalue weighted by atomic mass is 10.3. The van der Waals surface area contributed by atoms with Crippen LogP contribution in [-0.2, 0) is 4.79 Å². The number of nitrogens with one attached hydrogen (secondary N) is 2. The molecule has 0 atom stereocenters. The molecule has 0 saturated carbocycles. The number of anilines is 1. The number of aromatic nitrogens is 3. The Hall–Kier alpha value is -1.04. The van der Waals surface area contributed by atoms with Crippen LogP contribution in [0.4, 0.5) is 5.95 Å². The molecular formula is C8H14N4OS. The average Bonchev–Trinajstić information content (AvgIpc) is 2.47. The first kappa shape index (κ1) is 11.0. The molecule has 1 aromatic heterocycles. The molecule has 1 amide bonds. The number of aromatic amines is 1. The molecule has 0 aliphatic rings. The predicted octanol–water partition coefficient (Wildman–Crippen LogP) is 1.51. The Balaban J connectivity index is 2.46. The van der Waals surface area contributed by atoms with Gasteiger partial charge in [-0.2, -0.15) is 4.98 Å². The Labute approximate surface area is 87.1 Å². The van der Waals surface area contributed by atoms with Crippen molar-refractivity contribution in [2.45, 2.75) is 25.9 Å². The topological polar surface area (TPSA) is 70.7 Å². The van der Waals surface area contributed by atoms with Crippen molar-refractivity contribution in [1.29, 1.82) is 0 Å². The number of rotatable bonds is 4. The molecule has 1 rings (SSSR count). The lowest BCUT2D eigenvalue weighted by molar-refractivity contribution is -0.114. The summed E-state index contributed by atoms with van der Waals surface area (Å²) in [6.45, 7) is 5.70. The smallest absolute Gasteiger partial charge is 0.226 e. The van der Waals surface area contributed by atoms with E-state index < -0.39 is 0 Å². The molecule has 1 aromatic rings. The summed E-state index contributed by atoms with van der Waals surface area (Å²) < 4.78 is 0. The highest BCUT2D eigenvalue weighted by Gasteiger charge is 2.05. The van der Waals surface area contributed by atoms with Gasteiger partial charge in [-0.25, -0.2) is 5.10 Å². The fourth-order valence-electron chi connectivity index (χ4n) is 0.775. The van der Waals surface area contributed by atoms with E-state index in [2.05, 4.69) is 34.3 Å². The largest absolute Gasteiger partial charge is 0.295 e. The third-order valence-corrected chi connectivity index (χ3v) is 2.58. The van der Waals surface area contributed by atoms with Gasteiger partial charge in [0.25, 0.3) is 0 Å². The van der Waals surface area contributed by atoms with E-state index >= 15 is 0 Å². The van der Waals surface area contributed by atoms with Crippen molar-refractivity contribution >= 4 is 23.6 Å². The molecule has 0 unspecified atom stereocenters. The lowest BCUT2D eigenvalue weighted by Crippen LogP contribution is -2.06. The van der Waals surface area contributed by atoms with Crippen molar-refractivity contribution in [3.05, 3.63) is 0 Å². The minimum absolute atomic E-state index is 0.151. The van der Waals surface area contributed by atoms with E-state index in [-0.39, 0.29) is 5.91 Å². The standard InChI is InChI=1S/C8H14N4OS/c1-5(2)4-14-8-10-7(11-12-8)9-6(3)13/h5H,4H2,1-3H3,(H2,9,10,11,12,13). The first-order chi connectivity index (χ1) is 6.58. The Morgan fingerprint density at radius 2 is 2.36 bits per heavy atom. The first-order valence-electron chi connectivity index (χ1n) is 4.40. The number of hydrogen-bond acceptors (Lipinski definition) is 4. The van der Waals surface area contributed by atoms with Gasteiger partial charge in [-0.05, 0) is 5.92 Å². The molecular weight excluding hydrogens is 200 g/mol. The first-order valence-corrected chi connectivity index (χ1v) is 5.39. The highest BCUT2D eigenvalue weighted by Crippen LogP contribution is 2.16. The summed E-state index contributed by atoms with van der Waals surface area (Å²) in [5.74, 6) is 1.82. The molecule has 5 nitrogen and oxygen atoms in total. The second-order valence-corrected chi connectivity index (χ2v) is 4.34. The second kappa shape index (κ2) is 4.99. The van der Waals surface area contributed by atoms with Crippen LogP contribution in [-0.4, -0.2) is 26.8 Å². The van der Waals surface area contributed by atoms with Crippen molar-refractivity contribution in [3.8, 4) is 0 Å². The van der Waals surface area contributed by atoms with Gasteiger partial charge in [0, 0.05) is 12.7 Å². The molecule has 0 radical (unpaired) electrons. The highest BCUT2D eigenvalue weighted by atomic mass is 32.2. The summed E-state index contributed by atoms with van der Waals surface area (Å²) in [4.78, 5) is 14.8. The lowest BCUT2D eigenvalue weighted by Gasteiger charge is -1.98. The van der Waals surface area contributed by atoms with Gasteiger partial charge in [0.15, 0.2) is 0 Å². The van der Waals surface area contributed by atoms with Crippen LogP contribution in [0, 0.1) is 5.92 Å². The maximum atomic E-state index is 10.7. The van der Waals surface area contributed by atoms with Gasteiger partial charge in [0.2, 0.25) is 17.0 Å². The zero-order valence-corrected chi connectivity index (χ0v) is 9.31. The van der Waals surface area contributed by atoms with E-state index in [4.69, 9.17) is 0 Å². The summed E-state index contributed by atoms with van der Waals surface area (Å²) in [5.41, 5.74) is 0. The van der Waals surface area contributed by atoms with E-state index in [9.17, 15) is 4.79 Å². The van der Waals surface area contributed by atoms with Gasteiger partial charge >= 0.3 is 0 Å². The Kier molecular flexibility index (Phi) is 3.94. The monoisotopic (exact) mass is 214 g/mol. The van der Waals surface area contributed by atoms with Crippen LogP contribution < -0.4 is 5.32 Å². The van der Waals surface area contributed by atoms with Crippen LogP contribution in [0.5, 0.6) is 0 Å². The fraction of sp³-hybridized carbons (Fsp3) is 0.625. The minimum atomic E-state index is -0.151. The number of H-pyrrole nitrogens is 1. The van der Waals surface area contributed by atoms with Crippen molar-refractivity contribution in [1.82, 2.24) is 15.2 Å². The van der Waals surface area contributed by atoms with Crippen LogP contribution in [0.3, 0.4) is 0 Å². The van der Waals surface area contributed by atoms with Crippen LogP contribution in [0.2, 0.25) is 0 Å². The fourth-order valence-corrected chi connectivity index (χ4v) is 1.52. The average molecular weight is 214 g/mol. The van der Waals surface area contributed by atoms with Crippen molar-refractivity contribution < 1.29 is 4.79 Å². The molecule has 6 heteroatoms. The molecule has 1 heterocycles. The van der Waals surface area contributed by atoms with Gasteiger partial charge in [0.1, 0.15) is 0 Å². The zero-order chi connectivity index (χ0) is 10.6. The number of hydrogen-bond donors (Lipinski definition) is 2. The van der Waals surface area contributed by atoms with E-state index in [1.54, 1.807) is 11.8 Å². The quantitative estimate of drug-likeness (QED) is 0.745. The van der Waals surface area contributed by atoms with Gasteiger partial charge in [-0.3, -0.25) is 10.1 Å². The number of carbonyl (C=O) groups is 1. The maximum Gasteiger partial charge on any atom is 0.226 e. The number of thioether (sulfide) groups is 1. The summed E-state index contributed by atoms with van der Waals surface area (Å²) in [6.07, 6.45) is 0. The second-order valence-electron chi connectivity index (χ2n) is 3.35. The van der Waals surface area contributed by atoms with Gasteiger partial charge < -0.3 is 0 Å². The van der Waals surface area contributed by atoms with Crippen LogP contribution in [0.1, 0.15) is 20.8 Å². The molecule has 0 aliphatic carbocycles. The molecule has 0 aliphatic heterocycles. The third-order valence-electron chi connectivity index (χ3n) is 1.31. The number of amides is 1. The van der Waals surface area contributed by atoms with Crippen molar-refractivity contribution in [2.75, 3.05) is 11.1 Å². The Bertz CT molecular complexity index is 310. The molecule has 78 valence electrons. The van der Waals surface area contributed by atoms with Gasteiger partial charge in [0.05, 0.1) is 0 Å². The van der Waals surface area contributed by atoms with E-state index in [1.807, 2.05) is 0 Å². The number of carbonyl (C=O) groups excluding carboxylic acids is 1. The van der Waals surface area contributed by atoms with E-state index in [0.717, 1.165) is 5.75 Å².